The van der Waals surface area contributed by atoms with Gasteiger partial charge in [0.05, 0.1) is 19.3 Å². The first-order chi connectivity index (χ1) is 7.38. The lowest BCUT2D eigenvalue weighted by Gasteiger charge is -2.07. The number of nitrogens with zero attached hydrogens (tertiary/aromatic N) is 2. The van der Waals surface area contributed by atoms with Crippen LogP contribution < -0.4 is 5.73 Å². The Balaban J connectivity index is 2.27. The van der Waals surface area contributed by atoms with Crippen LogP contribution >= 0.6 is 0 Å². The molecule has 0 radical (unpaired) electrons. The molecule has 1 aromatic heterocycles. The zero-order chi connectivity index (χ0) is 12.2. The minimum atomic E-state index is -4.28. The molecule has 0 fully saturated rings. The van der Waals surface area contributed by atoms with Crippen LogP contribution in [0.15, 0.2) is 12.4 Å². The van der Waals surface area contributed by atoms with Crippen molar-refractivity contribution in [2.24, 2.45) is 5.73 Å². The molecule has 0 aliphatic heterocycles. The second-order valence-corrected chi connectivity index (χ2v) is 3.49. The van der Waals surface area contributed by atoms with E-state index in [0.717, 1.165) is 5.56 Å². The monoisotopic (exact) mass is 237 g/mol. The van der Waals surface area contributed by atoms with E-state index >= 15 is 0 Å². The van der Waals surface area contributed by atoms with Crippen molar-refractivity contribution in [3.05, 3.63) is 18.0 Å². The molecule has 0 bridgehead atoms. The highest BCUT2D eigenvalue weighted by molar-refractivity contribution is 5.07. The van der Waals surface area contributed by atoms with Gasteiger partial charge in [0.25, 0.3) is 0 Å². The molecule has 0 aliphatic rings. The number of ether oxygens (including phenoxy) is 1. The fraction of sp³-hybridized carbons (Fsp3) is 0.667. The molecule has 2 N–H and O–H groups in total. The van der Waals surface area contributed by atoms with E-state index in [2.05, 4.69) is 9.84 Å². The molecule has 0 amide bonds. The summed E-state index contributed by atoms with van der Waals surface area (Å²) >= 11 is 0. The van der Waals surface area contributed by atoms with Crippen molar-refractivity contribution >= 4 is 0 Å². The zero-order valence-electron chi connectivity index (χ0n) is 8.87. The highest BCUT2D eigenvalue weighted by Gasteiger charge is 2.27. The molecule has 0 saturated heterocycles. The second-order valence-electron chi connectivity index (χ2n) is 3.49. The van der Waals surface area contributed by atoms with E-state index in [0.29, 0.717) is 0 Å². The van der Waals surface area contributed by atoms with E-state index in [1.54, 1.807) is 12.4 Å². The zero-order valence-corrected chi connectivity index (χ0v) is 8.87. The van der Waals surface area contributed by atoms with Crippen LogP contribution in [0, 0.1) is 0 Å². The standard InChI is InChI=1S/C9H14F3N3O/c1-7(13)8-4-14-15(5-8)2-3-16-6-9(10,11)12/h4-5,7H,2-3,6,13H2,1H3. The third-order valence-electron chi connectivity index (χ3n) is 1.91. The predicted molar refractivity (Wildman–Crippen MR) is 51.7 cm³/mol. The lowest BCUT2D eigenvalue weighted by atomic mass is 10.2. The molecule has 0 saturated carbocycles. The van der Waals surface area contributed by atoms with Crippen molar-refractivity contribution in [3.8, 4) is 0 Å². The van der Waals surface area contributed by atoms with Crippen molar-refractivity contribution in [2.75, 3.05) is 13.2 Å². The van der Waals surface area contributed by atoms with Gasteiger partial charge in [-0.3, -0.25) is 4.68 Å². The average molecular weight is 237 g/mol. The summed E-state index contributed by atoms with van der Waals surface area (Å²) in [5.74, 6) is 0. The van der Waals surface area contributed by atoms with E-state index in [1.165, 1.54) is 4.68 Å². The molecule has 1 rings (SSSR count). The van der Waals surface area contributed by atoms with Crippen molar-refractivity contribution in [1.29, 1.82) is 0 Å². The van der Waals surface area contributed by atoms with Crippen molar-refractivity contribution in [3.63, 3.8) is 0 Å². The molecule has 16 heavy (non-hydrogen) atoms. The molecule has 92 valence electrons. The number of nitrogens with two attached hydrogens (primary N) is 1. The van der Waals surface area contributed by atoms with Gasteiger partial charge in [0.15, 0.2) is 0 Å². The molecule has 0 aromatic carbocycles. The van der Waals surface area contributed by atoms with Crippen molar-refractivity contribution in [2.45, 2.75) is 25.7 Å². The molecule has 0 aliphatic carbocycles. The Morgan fingerprint density at radius 1 is 1.56 bits per heavy atom. The van der Waals surface area contributed by atoms with Gasteiger partial charge in [0, 0.05) is 17.8 Å². The van der Waals surface area contributed by atoms with Gasteiger partial charge in [0.2, 0.25) is 0 Å². The Bertz CT molecular complexity index is 322. The van der Waals surface area contributed by atoms with Crippen LogP contribution in [0.5, 0.6) is 0 Å². The van der Waals surface area contributed by atoms with Crippen LogP contribution in [0.1, 0.15) is 18.5 Å². The molecule has 1 aromatic rings. The third kappa shape index (κ3) is 4.63. The summed E-state index contributed by atoms with van der Waals surface area (Å²) in [5, 5.41) is 3.95. The van der Waals surface area contributed by atoms with E-state index in [1.807, 2.05) is 6.92 Å². The lowest BCUT2D eigenvalue weighted by Crippen LogP contribution is -2.19. The molecule has 4 nitrogen and oxygen atoms in total. The number of rotatable bonds is 5. The van der Waals surface area contributed by atoms with Crippen LogP contribution in [0.3, 0.4) is 0 Å². The Kier molecular flexibility index (Phi) is 4.31. The summed E-state index contributed by atoms with van der Waals surface area (Å²) in [4.78, 5) is 0. The molecule has 7 heteroatoms. The fourth-order valence-electron chi connectivity index (χ4n) is 1.08. The molecule has 1 atom stereocenters. The first kappa shape index (κ1) is 13.0. The summed E-state index contributed by atoms with van der Waals surface area (Å²) in [6.07, 6.45) is -0.989. The number of alkyl halides is 3. The maximum atomic E-state index is 11.7. The SMILES string of the molecule is CC(N)c1cnn(CCOCC(F)(F)F)c1. The normalized spacial score (nSPS) is 14.1. The van der Waals surface area contributed by atoms with Gasteiger partial charge < -0.3 is 10.5 Å². The first-order valence-electron chi connectivity index (χ1n) is 4.81. The number of hydrogen-bond donors (Lipinski definition) is 1. The molecule has 0 spiro atoms. The highest BCUT2D eigenvalue weighted by Crippen LogP contribution is 2.14. The third-order valence-corrected chi connectivity index (χ3v) is 1.91. The van der Waals surface area contributed by atoms with Gasteiger partial charge in [0.1, 0.15) is 6.61 Å². The van der Waals surface area contributed by atoms with E-state index < -0.39 is 12.8 Å². The van der Waals surface area contributed by atoms with E-state index in [9.17, 15) is 13.2 Å². The Morgan fingerprint density at radius 3 is 2.75 bits per heavy atom. The second kappa shape index (κ2) is 5.31. The quantitative estimate of drug-likeness (QED) is 0.789. The highest BCUT2D eigenvalue weighted by atomic mass is 19.4. The summed E-state index contributed by atoms with van der Waals surface area (Å²) in [7, 11) is 0. The first-order valence-corrected chi connectivity index (χ1v) is 4.81. The van der Waals surface area contributed by atoms with Crippen molar-refractivity contribution < 1.29 is 17.9 Å². The summed E-state index contributed by atoms with van der Waals surface area (Å²) in [6, 6.07) is -0.134. The van der Waals surface area contributed by atoms with Crippen LogP contribution in [0.2, 0.25) is 0 Å². The van der Waals surface area contributed by atoms with Gasteiger partial charge in [-0.25, -0.2) is 0 Å². The summed E-state index contributed by atoms with van der Waals surface area (Å²) < 4.78 is 41.1. The Morgan fingerprint density at radius 2 is 2.25 bits per heavy atom. The predicted octanol–water partition coefficient (Wildman–Crippen LogP) is 1.48. The average Bonchev–Trinajstić information content (AvgIpc) is 2.59. The number of halogens is 3. The van der Waals surface area contributed by atoms with Gasteiger partial charge in [-0.2, -0.15) is 18.3 Å². The van der Waals surface area contributed by atoms with Gasteiger partial charge in [-0.15, -0.1) is 0 Å². The number of hydrogen-bond acceptors (Lipinski definition) is 3. The maximum absolute atomic E-state index is 11.7. The Hall–Kier alpha value is -1.08. The molecule has 1 unspecified atom stereocenters. The van der Waals surface area contributed by atoms with Crippen LogP contribution in [0.4, 0.5) is 13.2 Å². The topological polar surface area (TPSA) is 53.1 Å². The minimum Gasteiger partial charge on any atom is -0.370 e. The van der Waals surface area contributed by atoms with E-state index in [4.69, 9.17) is 5.73 Å². The van der Waals surface area contributed by atoms with Crippen LogP contribution in [-0.4, -0.2) is 29.2 Å². The van der Waals surface area contributed by atoms with Gasteiger partial charge in [-0.1, -0.05) is 0 Å². The van der Waals surface area contributed by atoms with Crippen LogP contribution in [0.25, 0.3) is 0 Å². The molecular formula is C9H14F3N3O. The summed E-state index contributed by atoms with van der Waals surface area (Å²) in [5.41, 5.74) is 6.45. The van der Waals surface area contributed by atoms with Crippen LogP contribution in [-0.2, 0) is 11.3 Å². The smallest absolute Gasteiger partial charge is 0.370 e. The Labute approximate surface area is 91.2 Å². The summed E-state index contributed by atoms with van der Waals surface area (Å²) in [6.45, 7) is 0.832. The van der Waals surface area contributed by atoms with Gasteiger partial charge in [-0.05, 0) is 6.92 Å². The largest absolute Gasteiger partial charge is 0.411 e. The minimum absolute atomic E-state index is 0.0282. The van der Waals surface area contributed by atoms with E-state index in [-0.39, 0.29) is 19.2 Å². The van der Waals surface area contributed by atoms with Crippen molar-refractivity contribution in [1.82, 2.24) is 9.78 Å². The fourth-order valence-corrected chi connectivity index (χ4v) is 1.08. The van der Waals surface area contributed by atoms with Gasteiger partial charge >= 0.3 is 6.18 Å². The lowest BCUT2D eigenvalue weighted by molar-refractivity contribution is -0.174. The maximum Gasteiger partial charge on any atom is 0.411 e. The molecule has 1 heterocycles. The number of aromatic nitrogens is 2. The molecular weight excluding hydrogens is 223 g/mol.